The molecule has 2 amide bonds. The zero-order chi connectivity index (χ0) is 23.8. The van der Waals surface area contributed by atoms with E-state index < -0.39 is 34.8 Å². The fraction of sp³-hybridized carbons (Fsp3) is 0.381. The van der Waals surface area contributed by atoms with Gasteiger partial charge < -0.3 is 24.3 Å². The first kappa shape index (κ1) is 23.0. The summed E-state index contributed by atoms with van der Waals surface area (Å²) in [5, 5.41) is 2.20. The van der Waals surface area contributed by atoms with E-state index in [4.69, 9.17) is 21.1 Å². The van der Waals surface area contributed by atoms with Crippen molar-refractivity contribution < 1.29 is 32.2 Å². The second-order valence-electron chi connectivity index (χ2n) is 7.72. The lowest BCUT2D eigenvalue weighted by Crippen LogP contribution is -2.43. The summed E-state index contributed by atoms with van der Waals surface area (Å²) in [6, 6.07) is 5.59. The minimum absolute atomic E-state index is 0.123. The number of halogens is 4. The van der Waals surface area contributed by atoms with Crippen molar-refractivity contribution >= 4 is 29.1 Å². The molecule has 176 valence electrons. The van der Waals surface area contributed by atoms with Gasteiger partial charge in [-0.2, -0.15) is 13.2 Å². The number of ether oxygens (including phenoxy) is 2. The molecule has 0 atom stereocenters. The molecule has 8 nitrogen and oxygen atoms in total. The van der Waals surface area contributed by atoms with E-state index in [-0.39, 0.29) is 31.7 Å². The number of amides is 2. The minimum atomic E-state index is -4.70. The van der Waals surface area contributed by atoms with Crippen molar-refractivity contribution in [3.63, 3.8) is 0 Å². The van der Waals surface area contributed by atoms with E-state index in [1.807, 2.05) is 0 Å². The fourth-order valence-corrected chi connectivity index (χ4v) is 3.95. The summed E-state index contributed by atoms with van der Waals surface area (Å²) in [5.41, 5.74) is -1.43. The lowest BCUT2D eigenvalue weighted by atomic mass is 9.95. The van der Waals surface area contributed by atoms with Gasteiger partial charge in [0.15, 0.2) is 11.5 Å². The number of likely N-dealkylation sites (tertiary alicyclic amines) is 1. The van der Waals surface area contributed by atoms with Crippen LogP contribution in [0.1, 0.15) is 18.4 Å². The number of benzene rings is 1. The Morgan fingerprint density at radius 3 is 2.52 bits per heavy atom. The van der Waals surface area contributed by atoms with Gasteiger partial charge in [-0.15, -0.1) is 0 Å². The van der Waals surface area contributed by atoms with Crippen molar-refractivity contribution in [2.75, 3.05) is 25.2 Å². The largest absolute Gasteiger partial charge is 0.454 e. The Bertz CT molecular complexity index is 1140. The van der Waals surface area contributed by atoms with Crippen LogP contribution in [0.4, 0.5) is 18.9 Å². The Hall–Kier alpha value is -3.21. The molecule has 33 heavy (non-hydrogen) atoms. The van der Waals surface area contributed by atoms with Crippen molar-refractivity contribution in [1.82, 2.24) is 9.47 Å². The maximum absolute atomic E-state index is 13.0. The summed E-state index contributed by atoms with van der Waals surface area (Å²) in [5.74, 6) is 0.0632. The minimum Gasteiger partial charge on any atom is -0.454 e. The van der Waals surface area contributed by atoms with Gasteiger partial charge in [0.05, 0.1) is 5.56 Å². The van der Waals surface area contributed by atoms with E-state index in [9.17, 15) is 27.6 Å². The Balaban J connectivity index is 1.34. The number of rotatable bonds is 4. The van der Waals surface area contributed by atoms with E-state index >= 15 is 0 Å². The molecule has 1 saturated heterocycles. The molecule has 0 aliphatic carbocycles. The molecule has 2 aromatic rings. The number of carbonyl (C=O) groups is 2. The van der Waals surface area contributed by atoms with Crippen LogP contribution < -0.4 is 20.3 Å². The molecule has 3 heterocycles. The van der Waals surface area contributed by atoms with Crippen molar-refractivity contribution in [3.8, 4) is 11.5 Å². The molecule has 2 aliphatic heterocycles. The fourth-order valence-electron chi connectivity index (χ4n) is 3.73. The average molecular weight is 486 g/mol. The van der Waals surface area contributed by atoms with Crippen LogP contribution >= 0.6 is 11.6 Å². The summed E-state index contributed by atoms with van der Waals surface area (Å²) in [4.78, 5) is 38.7. The maximum Gasteiger partial charge on any atom is 0.417 e. The Labute approximate surface area is 190 Å². The molecule has 0 spiro atoms. The van der Waals surface area contributed by atoms with Crippen LogP contribution in [0.3, 0.4) is 0 Å². The van der Waals surface area contributed by atoms with Crippen LogP contribution in [0.15, 0.2) is 35.3 Å². The summed E-state index contributed by atoms with van der Waals surface area (Å²) in [6.07, 6.45) is -3.37. The zero-order valence-electron chi connectivity index (χ0n) is 17.2. The predicted molar refractivity (Wildman–Crippen MR) is 111 cm³/mol. The number of nitrogens with zero attached hydrogens (tertiary/aromatic N) is 2. The number of aromatic nitrogens is 1. The van der Waals surface area contributed by atoms with Crippen molar-refractivity contribution in [2.24, 2.45) is 5.92 Å². The number of piperidine rings is 1. The Morgan fingerprint density at radius 2 is 1.82 bits per heavy atom. The predicted octanol–water partition coefficient (Wildman–Crippen LogP) is 3.13. The highest BCUT2D eigenvalue weighted by Crippen LogP contribution is 2.34. The topological polar surface area (TPSA) is 89.9 Å². The van der Waals surface area contributed by atoms with E-state index in [1.165, 1.54) is 4.90 Å². The van der Waals surface area contributed by atoms with Crippen molar-refractivity contribution in [3.05, 3.63) is 51.4 Å². The van der Waals surface area contributed by atoms with Gasteiger partial charge in [-0.25, -0.2) is 0 Å². The van der Waals surface area contributed by atoms with Gasteiger partial charge in [0.25, 0.3) is 5.56 Å². The average Bonchev–Trinajstić information content (AvgIpc) is 3.24. The smallest absolute Gasteiger partial charge is 0.417 e. The molecule has 0 radical (unpaired) electrons. The maximum atomic E-state index is 13.0. The van der Waals surface area contributed by atoms with Gasteiger partial charge in [-0.05, 0) is 31.0 Å². The van der Waals surface area contributed by atoms with Gasteiger partial charge in [-0.3, -0.25) is 14.4 Å². The second-order valence-corrected chi connectivity index (χ2v) is 8.13. The van der Waals surface area contributed by atoms with Crippen LogP contribution in [-0.4, -0.2) is 41.2 Å². The third-order valence-electron chi connectivity index (χ3n) is 5.53. The molecule has 4 rings (SSSR count). The van der Waals surface area contributed by atoms with Crippen LogP contribution in [-0.2, 0) is 22.3 Å². The second kappa shape index (κ2) is 8.97. The number of anilines is 1. The summed E-state index contributed by atoms with van der Waals surface area (Å²) in [6.45, 7) is 0.0214. The number of hydrogen-bond acceptors (Lipinski definition) is 5. The van der Waals surface area contributed by atoms with Crippen LogP contribution in [0, 0.1) is 5.92 Å². The van der Waals surface area contributed by atoms with E-state index in [2.05, 4.69) is 5.32 Å². The van der Waals surface area contributed by atoms with Crippen LogP contribution in [0.25, 0.3) is 0 Å². The quantitative estimate of drug-likeness (QED) is 0.718. The number of fused-ring (bicyclic) bond motifs is 1. The third-order valence-corrected chi connectivity index (χ3v) is 5.80. The number of hydrogen-bond donors (Lipinski definition) is 1. The molecule has 1 aromatic heterocycles. The van der Waals surface area contributed by atoms with Gasteiger partial charge in [0, 0.05) is 37.0 Å². The number of pyridine rings is 1. The monoisotopic (exact) mass is 485 g/mol. The first-order valence-corrected chi connectivity index (χ1v) is 10.4. The first-order valence-electron chi connectivity index (χ1n) is 10.1. The van der Waals surface area contributed by atoms with Gasteiger partial charge in [0.2, 0.25) is 18.6 Å². The van der Waals surface area contributed by atoms with Gasteiger partial charge in [-0.1, -0.05) is 11.6 Å². The van der Waals surface area contributed by atoms with E-state index in [0.717, 1.165) is 0 Å². The highest BCUT2D eigenvalue weighted by Gasteiger charge is 2.33. The van der Waals surface area contributed by atoms with Crippen molar-refractivity contribution in [2.45, 2.75) is 25.6 Å². The molecule has 0 unspecified atom stereocenters. The molecule has 1 N–H and O–H groups in total. The Kier molecular flexibility index (Phi) is 6.24. The molecular weight excluding hydrogens is 467 g/mol. The molecule has 0 bridgehead atoms. The summed E-state index contributed by atoms with van der Waals surface area (Å²) < 4.78 is 50.1. The first-order chi connectivity index (χ1) is 15.6. The van der Waals surface area contributed by atoms with E-state index in [0.29, 0.717) is 46.9 Å². The van der Waals surface area contributed by atoms with E-state index in [1.54, 1.807) is 18.2 Å². The third kappa shape index (κ3) is 5.08. The molecule has 0 saturated carbocycles. The molecule has 2 aliphatic rings. The number of alkyl halides is 3. The normalized spacial score (nSPS) is 16.1. The molecule has 12 heteroatoms. The molecular formula is C21H19ClF3N3O5. The number of nitrogens with one attached hydrogen (secondary N) is 1. The summed E-state index contributed by atoms with van der Waals surface area (Å²) in [7, 11) is 0. The standard InChI is InChI=1S/C21H19ClF3N3O5/c22-15-7-13(21(23,24)25)9-28(20(15)31)10-18(29)27-5-3-12(4-6-27)19(30)26-14-1-2-16-17(8-14)33-11-32-16/h1-2,7-9,12H,3-6,10-11H2,(H,26,30). The van der Waals surface area contributed by atoms with Crippen molar-refractivity contribution in [1.29, 1.82) is 0 Å². The van der Waals surface area contributed by atoms with Gasteiger partial charge >= 0.3 is 6.18 Å². The lowest BCUT2D eigenvalue weighted by Gasteiger charge is -2.31. The van der Waals surface area contributed by atoms with Crippen LogP contribution in [0.2, 0.25) is 5.02 Å². The lowest BCUT2D eigenvalue weighted by molar-refractivity contribution is -0.139. The van der Waals surface area contributed by atoms with Crippen LogP contribution in [0.5, 0.6) is 11.5 Å². The van der Waals surface area contributed by atoms with Gasteiger partial charge in [0.1, 0.15) is 11.6 Å². The zero-order valence-corrected chi connectivity index (χ0v) is 17.9. The molecule has 1 aromatic carbocycles. The summed E-state index contributed by atoms with van der Waals surface area (Å²) >= 11 is 5.63. The Morgan fingerprint density at radius 1 is 1.12 bits per heavy atom. The number of carbonyl (C=O) groups excluding carboxylic acids is 2. The molecule has 1 fully saturated rings. The SMILES string of the molecule is O=C(Nc1ccc2c(c1)OCO2)C1CCN(C(=O)Cn2cc(C(F)(F)F)cc(Cl)c2=O)CC1. The highest BCUT2D eigenvalue weighted by molar-refractivity contribution is 6.30. The highest BCUT2D eigenvalue weighted by atomic mass is 35.5.